The Morgan fingerprint density at radius 3 is 2.44 bits per heavy atom. The second-order valence-electron chi connectivity index (χ2n) is 13.7. The average molecular weight is 692 g/mol. The van der Waals surface area contributed by atoms with Gasteiger partial charge in [0.25, 0.3) is 0 Å². The number of carbonyl (C=O) groups is 1. The topological polar surface area (TPSA) is 132 Å². The number of piperidine rings is 2. The van der Waals surface area contributed by atoms with E-state index in [1.807, 2.05) is 13.0 Å². The zero-order chi connectivity index (χ0) is 35.8. The molecule has 0 atom stereocenters. The molecule has 266 valence electrons. The predicted molar refractivity (Wildman–Crippen MR) is 190 cm³/mol. The number of hydrogen-bond acceptors (Lipinski definition) is 9. The first-order valence-corrected chi connectivity index (χ1v) is 17.0. The molecule has 0 aliphatic carbocycles. The van der Waals surface area contributed by atoms with Gasteiger partial charge in [-0.15, -0.1) is 0 Å². The summed E-state index contributed by atoms with van der Waals surface area (Å²) in [7, 11) is 0. The number of nitrogen functional groups attached to an aromatic ring is 1. The summed E-state index contributed by atoms with van der Waals surface area (Å²) in [6.07, 6.45) is 2.48. The van der Waals surface area contributed by atoms with E-state index in [1.165, 1.54) is 6.08 Å². The summed E-state index contributed by atoms with van der Waals surface area (Å²) in [5.41, 5.74) is 9.28. The number of nitrogens with two attached hydrogens (primary N) is 1. The van der Waals surface area contributed by atoms with Crippen LogP contribution in [-0.2, 0) is 4.79 Å². The van der Waals surface area contributed by atoms with Gasteiger partial charge in [0, 0.05) is 72.5 Å². The van der Waals surface area contributed by atoms with Gasteiger partial charge < -0.3 is 35.7 Å². The SMILES string of the molecule is C=CC(=O)N1CC2(CCN(c3nc(C4CCN(CCO)CC4)nc4c(OCC(F)(F)F)c(-c5c(C)ccc(N)c5C=N)c(C=C)cc34)CC2)C1. The number of ether oxygens (including phenoxy) is 1. The minimum atomic E-state index is -4.63. The Morgan fingerprint density at radius 2 is 1.84 bits per heavy atom. The second-order valence-corrected chi connectivity index (χ2v) is 13.7. The first-order chi connectivity index (χ1) is 23.9. The fraction of sp³-hybridized carbons (Fsp3) is 0.459. The van der Waals surface area contributed by atoms with Gasteiger partial charge in [0.2, 0.25) is 5.91 Å². The molecule has 1 aromatic heterocycles. The number of aromatic nitrogens is 2. The number of β-amino-alcohol motifs (C(OH)–C–C–N with tert-alkyl or cyclic N) is 1. The lowest BCUT2D eigenvalue weighted by atomic mass is 9.72. The van der Waals surface area contributed by atoms with Crippen molar-refractivity contribution in [2.24, 2.45) is 5.41 Å². The van der Waals surface area contributed by atoms with Crippen molar-refractivity contribution in [3.8, 4) is 16.9 Å². The van der Waals surface area contributed by atoms with Gasteiger partial charge in [-0.2, -0.15) is 13.2 Å². The highest BCUT2D eigenvalue weighted by Gasteiger charge is 2.46. The van der Waals surface area contributed by atoms with Crippen molar-refractivity contribution in [3.05, 3.63) is 59.9 Å². The first kappa shape index (κ1) is 35.3. The fourth-order valence-electron chi connectivity index (χ4n) is 7.74. The summed E-state index contributed by atoms with van der Waals surface area (Å²) in [4.78, 5) is 28.5. The van der Waals surface area contributed by atoms with Gasteiger partial charge in [0.1, 0.15) is 17.2 Å². The number of nitrogens with one attached hydrogen (secondary N) is 1. The van der Waals surface area contributed by atoms with Gasteiger partial charge in [-0.05, 0) is 80.6 Å². The average Bonchev–Trinajstić information content (AvgIpc) is 3.09. The first-order valence-electron chi connectivity index (χ1n) is 17.0. The van der Waals surface area contributed by atoms with Gasteiger partial charge >= 0.3 is 6.18 Å². The van der Waals surface area contributed by atoms with Crippen LogP contribution in [0.4, 0.5) is 24.7 Å². The number of fused-ring (bicyclic) bond motifs is 1. The van der Waals surface area contributed by atoms with Crippen LogP contribution in [-0.4, -0.2) is 102 Å². The third kappa shape index (κ3) is 6.80. The largest absolute Gasteiger partial charge is 0.481 e. The Balaban J connectivity index is 1.53. The Kier molecular flexibility index (Phi) is 9.91. The highest BCUT2D eigenvalue weighted by atomic mass is 19.4. The molecule has 2 aromatic carbocycles. The maximum absolute atomic E-state index is 13.9. The van der Waals surface area contributed by atoms with E-state index in [1.54, 1.807) is 23.1 Å². The number of rotatable bonds is 10. The molecule has 3 saturated heterocycles. The summed E-state index contributed by atoms with van der Waals surface area (Å²) in [5, 5.41) is 18.2. The minimum absolute atomic E-state index is 0.00865. The zero-order valence-electron chi connectivity index (χ0n) is 28.4. The smallest absolute Gasteiger partial charge is 0.422 e. The minimum Gasteiger partial charge on any atom is -0.481 e. The number of nitrogens with zero attached hydrogens (tertiary/aromatic N) is 5. The van der Waals surface area contributed by atoms with Crippen molar-refractivity contribution in [1.29, 1.82) is 5.41 Å². The lowest BCUT2D eigenvalue weighted by molar-refractivity contribution is -0.153. The number of benzene rings is 2. The fourth-order valence-corrected chi connectivity index (χ4v) is 7.74. The van der Waals surface area contributed by atoms with Crippen LogP contribution in [0.15, 0.2) is 37.4 Å². The van der Waals surface area contributed by atoms with Crippen molar-refractivity contribution in [2.45, 2.75) is 44.7 Å². The van der Waals surface area contributed by atoms with Crippen molar-refractivity contribution >= 4 is 40.6 Å². The second kappa shape index (κ2) is 14.0. The maximum Gasteiger partial charge on any atom is 0.422 e. The van der Waals surface area contributed by atoms with E-state index in [9.17, 15) is 23.1 Å². The van der Waals surface area contributed by atoms with E-state index in [0.29, 0.717) is 83.3 Å². The molecule has 3 aromatic rings. The molecular formula is C37H44F3N7O3. The summed E-state index contributed by atoms with van der Waals surface area (Å²) in [6, 6.07) is 5.30. The highest BCUT2D eigenvalue weighted by Crippen LogP contribution is 2.48. The molecule has 6 rings (SSSR count). The quantitative estimate of drug-likeness (QED) is 0.143. The molecule has 3 aliphatic rings. The molecule has 3 fully saturated rings. The number of anilines is 2. The van der Waals surface area contributed by atoms with Crippen LogP contribution in [0.5, 0.6) is 5.75 Å². The molecule has 3 aliphatic heterocycles. The zero-order valence-corrected chi connectivity index (χ0v) is 28.4. The number of amides is 1. The van der Waals surface area contributed by atoms with Crippen LogP contribution < -0.4 is 15.4 Å². The highest BCUT2D eigenvalue weighted by molar-refractivity contribution is 6.06. The van der Waals surface area contributed by atoms with Crippen LogP contribution in [0.25, 0.3) is 28.1 Å². The number of carbonyl (C=O) groups excluding carboxylic acids is 1. The summed E-state index contributed by atoms with van der Waals surface area (Å²) < 4.78 is 47.5. The van der Waals surface area contributed by atoms with Gasteiger partial charge in [-0.25, -0.2) is 9.97 Å². The number of aryl methyl sites for hydroxylation is 1. The third-order valence-corrected chi connectivity index (χ3v) is 10.5. The van der Waals surface area contributed by atoms with E-state index in [0.717, 1.165) is 45.0 Å². The van der Waals surface area contributed by atoms with Crippen LogP contribution in [0.2, 0.25) is 0 Å². The van der Waals surface area contributed by atoms with E-state index in [-0.39, 0.29) is 35.1 Å². The standard InChI is InChI=1S/C37H44F3N7O3/c1-4-24-18-26-32(33(50-22-37(38,39)40)31(24)30-23(3)6-7-28(42)27(30)19-41)43-34(25-8-12-45(13-9-25)16-17-48)44-35(26)46-14-10-36(11-15-46)20-47(21-36)29(49)5-2/h4-7,18-19,25,41,48H,1-2,8-17,20-22,42H2,3H3. The summed E-state index contributed by atoms with van der Waals surface area (Å²) in [6.45, 7) is 12.6. The number of hydrogen-bond donors (Lipinski definition) is 3. The van der Waals surface area contributed by atoms with Crippen LogP contribution in [0.1, 0.15) is 54.1 Å². The van der Waals surface area contributed by atoms with Crippen molar-refractivity contribution in [2.75, 3.05) is 69.7 Å². The van der Waals surface area contributed by atoms with Crippen molar-refractivity contribution < 1.29 is 27.8 Å². The molecule has 4 heterocycles. The number of halogens is 3. The molecule has 0 bridgehead atoms. The van der Waals surface area contributed by atoms with Crippen LogP contribution >= 0.6 is 0 Å². The van der Waals surface area contributed by atoms with Crippen molar-refractivity contribution in [1.82, 2.24) is 19.8 Å². The molecular weight excluding hydrogens is 647 g/mol. The van der Waals surface area contributed by atoms with E-state index in [2.05, 4.69) is 23.0 Å². The van der Waals surface area contributed by atoms with Crippen LogP contribution in [0, 0.1) is 17.7 Å². The molecule has 10 nitrogen and oxygen atoms in total. The molecule has 13 heteroatoms. The van der Waals surface area contributed by atoms with Crippen LogP contribution in [0.3, 0.4) is 0 Å². The van der Waals surface area contributed by atoms with E-state index < -0.39 is 12.8 Å². The summed E-state index contributed by atoms with van der Waals surface area (Å²) in [5.74, 6) is 0.974. The Morgan fingerprint density at radius 1 is 1.14 bits per heavy atom. The molecule has 0 radical (unpaired) electrons. The van der Waals surface area contributed by atoms with Gasteiger partial charge in [0.15, 0.2) is 12.4 Å². The maximum atomic E-state index is 13.9. The van der Waals surface area contributed by atoms with Gasteiger partial charge in [0.05, 0.1) is 6.61 Å². The Hall–Kier alpha value is -4.49. The van der Waals surface area contributed by atoms with Gasteiger partial charge in [-0.3, -0.25) is 4.79 Å². The van der Waals surface area contributed by atoms with Crippen molar-refractivity contribution in [3.63, 3.8) is 0 Å². The molecule has 50 heavy (non-hydrogen) atoms. The number of alkyl halides is 3. The summed E-state index contributed by atoms with van der Waals surface area (Å²) >= 11 is 0. The predicted octanol–water partition coefficient (Wildman–Crippen LogP) is 5.56. The molecule has 0 saturated carbocycles. The van der Waals surface area contributed by atoms with Gasteiger partial charge in [-0.1, -0.05) is 25.3 Å². The monoisotopic (exact) mass is 691 g/mol. The molecule has 4 N–H and O–H groups in total. The van der Waals surface area contributed by atoms with E-state index in [4.69, 9.17) is 25.8 Å². The lowest BCUT2D eigenvalue weighted by Gasteiger charge is -2.54. The lowest BCUT2D eigenvalue weighted by Crippen LogP contribution is -2.61. The molecule has 1 amide bonds. The Labute approximate surface area is 289 Å². The molecule has 0 unspecified atom stereocenters. The normalized spacial score (nSPS) is 18.3. The number of aliphatic hydroxyl groups excluding tert-OH is 1. The number of aliphatic hydroxyl groups is 1. The third-order valence-electron chi connectivity index (χ3n) is 10.5. The molecule has 1 spiro atoms. The van der Waals surface area contributed by atoms with E-state index >= 15 is 0 Å². The number of likely N-dealkylation sites (tertiary alicyclic amines) is 2. The Bertz CT molecular complexity index is 1800.